The SMILES string of the molecule is CC[C@H](C)c1ccc(S(=O)(=O)NC[C@@H](C)C(=O)OC)cc1. The van der Waals surface area contributed by atoms with E-state index in [1.165, 1.54) is 7.11 Å². The Bertz CT molecular complexity index is 566. The number of esters is 1. The van der Waals surface area contributed by atoms with E-state index in [1.807, 2.05) is 12.1 Å². The van der Waals surface area contributed by atoms with Gasteiger partial charge in [0.05, 0.1) is 17.9 Å². The van der Waals surface area contributed by atoms with Gasteiger partial charge in [0.25, 0.3) is 0 Å². The first-order chi connectivity index (χ1) is 9.81. The normalized spacial score (nSPS) is 14.5. The predicted molar refractivity (Wildman–Crippen MR) is 81.5 cm³/mol. The summed E-state index contributed by atoms with van der Waals surface area (Å²) < 4.78 is 31.3. The number of methoxy groups -OCH3 is 1. The zero-order valence-corrected chi connectivity index (χ0v) is 13.7. The van der Waals surface area contributed by atoms with Crippen LogP contribution in [0.4, 0.5) is 0 Å². The molecular weight excluding hydrogens is 290 g/mol. The lowest BCUT2D eigenvalue weighted by Gasteiger charge is -2.12. The van der Waals surface area contributed by atoms with E-state index in [0.717, 1.165) is 12.0 Å². The number of benzene rings is 1. The van der Waals surface area contributed by atoms with E-state index in [-0.39, 0.29) is 11.4 Å². The fraction of sp³-hybridized carbons (Fsp3) is 0.533. The summed E-state index contributed by atoms with van der Waals surface area (Å²) in [6.07, 6.45) is 1.00. The van der Waals surface area contributed by atoms with Gasteiger partial charge in [-0.05, 0) is 30.0 Å². The molecule has 0 heterocycles. The monoisotopic (exact) mass is 313 g/mol. The van der Waals surface area contributed by atoms with E-state index < -0.39 is 21.9 Å². The first kappa shape index (κ1) is 17.7. The third kappa shape index (κ3) is 4.82. The standard InChI is InChI=1S/C15H23NO4S/c1-5-11(2)13-6-8-14(9-7-13)21(18,19)16-10-12(3)15(17)20-4/h6-9,11-12,16H,5,10H2,1-4H3/t11-,12+/m0/s1. The third-order valence-electron chi connectivity index (χ3n) is 3.55. The Kier molecular flexibility index (Phi) is 6.36. The second-order valence-corrected chi connectivity index (χ2v) is 6.92. The van der Waals surface area contributed by atoms with Gasteiger partial charge in [-0.3, -0.25) is 4.79 Å². The summed E-state index contributed by atoms with van der Waals surface area (Å²) in [7, 11) is -2.33. The molecule has 0 amide bonds. The van der Waals surface area contributed by atoms with Crippen LogP contribution >= 0.6 is 0 Å². The number of ether oxygens (including phenoxy) is 1. The van der Waals surface area contributed by atoms with Gasteiger partial charge >= 0.3 is 5.97 Å². The summed E-state index contributed by atoms with van der Waals surface area (Å²) in [4.78, 5) is 11.5. The number of hydrogen-bond acceptors (Lipinski definition) is 4. The Morgan fingerprint density at radius 1 is 1.24 bits per heavy atom. The molecule has 5 nitrogen and oxygen atoms in total. The van der Waals surface area contributed by atoms with Crippen LogP contribution in [0.2, 0.25) is 0 Å². The first-order valence-electron chi connectivity index (χ1n) is 6.99. The van der Waals surface area contributed by atoms with Crippen molar-refractivity contribution in [2.24, 2.45) is 5.92 Å². The molecule has 0 aromatic heterocycles. The number of carbonyl (C=O) groups excluding carboxylic acids is 1. The molecule has 1 aromatic rings. The van der Waals surface area contributed by atoms with Crippen molar-refractivity contribution in [2.75, 3.05) is 13.7 Å². The number of nitrogens with one attached hydrogen (secondary N) is 1. The molecule has 1 aromatic carbocycles. The van der Waals surface area contributed by atoms with Gasteiger partial charge in [-0.1, -0.05) is 32.9 Å². The third-order valence-corrected chi connectivity index (χ3v) is 4.99. The van der Waals surface area contributed by atoms with Crippen LogP contribution in [0.3, 0.4) is 0 Å². The van der Waals surface area contributed by atoms with Gasteiger partial charge in [0.1, 0.15) is 0 Å². The molecule has 0 radical (unpaired) electrons. The lowest BCUT2D eigenvalue weighted by molar-refractivity contribution is -0.144. The highest BCUT2D eigenvalue weighted by Crippen LogP contribution is 2.20. The number of rotatable bonds is 7. The van der Waals surface area contributed by atoms with E-state index >= 15 is 0 Å². The van der Waals surface area contributed by atoms with Crippen LogP contribution in [0, 0.1) is 5.92 Å². The number of carbonyl (C=O) groups is 1. The largest absolute Gasteiger partial charge is 0.469 e. The summed E-state index contributed by atoms with van der Waals surface area (Å²) in [5, 5.41) is 0. The van der Waals surface area contributed by atoms with Crippen LogP contribution in [-0.2, 0) is 19.6 Å². The average Bonchev–Trinajstić information content (AvgIpc) is 2.51. The van der Waals surface area contributed by atoms with E-state index in [0.29, 0.717) is 5.92 Å². The maximum Gasteiger partial charge on any atom is 0.309 e. The molecule has 0 aliphatic carbocycles. The molecule has 0 spiro atoms. The summed E-state index contributed by atoms with van der Waals surface area (Å²) in [6.45, 7) is 5.81. The van der Waals surface area contributed by atoms with Crippen molar-refractivity contribution < 1.29 is 17.9 Å². The van der Waals surface area contributed by atoms with Crippen molar-refractivity contribution in [1.82, 2.24) is 4.72 Å². The minimum atomic E-state index is -3.60. The highest BCUT2D eigenvalue weighted by Gasteiger charge is 2.19. The Morgan fingerprint density at radius 3 is 2.29 bits per heavy atom. The van der Waals surface area contributed by atoms with Gasteiger partial charge < -0.3 is 4.74 Å². The second kappa shape index (κ2) is 7.56. The number of hydrogen-bond donors (Lipinski definition) is 1. The van der Waals surface area contributed by atoms with Crippen molar-refractivity contribution in [1.29, 1.82) is 0 Å². The second-order valence-electron chi connectivity index (χ2n) is 5.15. The van der Waals surface area contributed by atoms with E-state index in [1.54, 1.807) is 19.1 Å². The highest BCUT2D eigenvalue weighted by atomic mass is 32.2. The molecule has 2 atom stereocenters. The molecule has 0 aliphatic heterocycles. The molecule has 0 fully saturated rings. The molecule has 1 rings (SSSR count). The van der Waals surface area contributed by atoms with E-state index in [2.05, 4.69) is 23.3 Å². The topological polar surface area (TPSA) is 72.5 Å². The van der Waals surface area contributed by atoms with Crippen LogP contribution in [0.25, 0.3) is 0 Å². The Balaban J connectivity index is 2.77. The van der Waals surface area contributed by atoms with Gasteiger partial charge in [-0.2, -0.15) is 0 Å². The summed E-state index contributed by atoms with van der Waals surface area (Å²) in [5.74, 6) is -0.567. The highest BCUT2D eigenvalue weighted by molar-refractivity contribution is 7.89. The maximum absolute atomic E-state index is 12.1. The Labute approximate surface area is 126 Å². The zero-order valence-electron chi connectivity index (χ0n) is 12.9. The van der Waals surface area contributed by atoms with Crippen LogP contribution in [0.5, 0.6) is 0 Å². The van der Waals surface area contributed by atoms with Gasteiger partial charge in [0.15, 0.2) is 0 Å². The molecule has 1 N–H and O–H groups in total. The quantitative estimate of drug-likeness (QED) is 0.784. The van der Waals surface area contributed by atoms with Crippen LogP contribution in [0.1, 0.15) is 38.7 Å². The average molecular weight is 313 g/mol. The van der Waals surface area contributed by atoms with Gasteiger partial charge in [0.2, 0.25) is 10.0 Å². The minimum Gasteiger partial charge on any atom is -0.469 e. The summed E-state index contributed by atoms with van der Waals surface area (Å²) in [6, 6.07) is 6.83. The fourth-order valence-corrected chi connectivity index (χ4v) is 2.94. The van der Waals surface area contributed by atoms with Gasteiger partial charge in [-0.15, -0.1) is 0 Å². The molecule has 0 saturated heterocycles. The molecular formula is C15H23NO4S. The zero-order chi connectivity index (χ0) is 16.0. The predicted octanol–water partition coefficient (Wildman–Crippen LogP) is 2.29. The maximum atomic E-state index is 12.1. The van der Waals surface area contributed by atoms with E-state index in [4.69, 9.17) is 0 Å². The first-order valence-corrected chi connectivity index (χ1v) is 8.47. The van der Waals surface area contributed by atoms with Gasteiger partial charge in [0, 0.05) is 6.54 Å². The van der Waals surface area contributed by atoms with Crippen molar-refractivity contribution in [3.63, 3.8) is 0 Å². The lowest BCUT2D eigenvalue weighted by atomic mass is 9.99. The van der Waals surface area contributed by atoms with Crippen LogP contribution in [-0.4, -0.2) is 28.0 Å². The lowest BCUT2D eigenvalue weighted by Crippen LogP contribution is -2.32. The summed E-state index contributed by atoms with van der Waals surface area (Å²) in [5.41, 5.74) is 1.11. The molecule has 0 aliphatic rings. The van der Waals surface area contributed by atoms with Crippen molar-refractivity contribution >= 4 is 16.0 Å². The Morgan fingerprint density at radius 2 is 1.81 bits per heavy atom. The van der Waals surface area contributed by atoms with Crippen LogP contribution in [0.15, 0.2) is 29.2 Å². The molecule has 21 heavy (non-hydrogen) atoms. The minimum absolute atomic E-state index is 0.0160. The smallest absolute Gasteiger partial charge is 0.309 e. The number of sulfonamides is 1. The fourth-order valence-electron chi connectivity index (χ4n) is 1.81. The van der Waals surface area contributed by atoms with Gasteiger partial charge in [-0.25, -0.2) is 13.1 Å². The molecule has 6 heteroatoms. The molecule has 0 saturated carbocycles. The molecule has 0 bridgehead atoms. The van der Waals surface area contributed by atoms with Crippen molar-refractivity contribution in [2.45, 2.75) is 38.0 Å². The van der Waals surface area contributed by atoms with Crippen molar-refractivity contribution in [3.8, 4) is 0 Å². The Hall–Kier alpha value is -1.40. The van der Waals surface area contributed by atoms with Crippen LogP contribution < -0.4 is 4.72 Å². The molecule has 118 valence electrons. The summed E-state index contributed by atoms with van der Waals surface area (Å²) >= 11 is 0. The van der Waals surface area contributed by atoms with E-state index in [9.17, 15) is 13.2 Å². The van der Waals surface area contributed by atoms with Crippen molar-refractivity contribution in [3.05, 3.63) is 29.8 Å². The molecule has 0 unspecified atom stereocenters.